The van der Waals surface area contributed by atoms with Gasteiger partial charge in [0.2, 0.25) is 5.75 Å². The Bertz CT molecular complexity index is 400. The standard InChI is InChI=1S/C8H10N2O5S/c11-5-2-1-4(7(13)6(12)3-16)9-8(5)10(14)15/h1-2,6-7,11-13,16H,3H2. The second-order valence-electron chi connectivity index (χ2n) is 3.03. The molecule has 1 aromatic heterocycles. The summed E-state index contributed by atoms with van der Waals surface area (Å²) < 4.78 is 0. The van der Waals surface area contributed by atoms with Gasteiger partial charge in [-0.1, -0.05) is 0 Å². The molecule has 0 amide bonds. The lowest BCUT2D eigenvalue weighted by atomic mass is 10.1. The molecule has 0 fully saturated rings. The van der Waals surface area contributed by atoms with Gasteiger partial charge in [-0.2, -0.15) is 12.6 Å². The molecule has 1 rings (SSSR count). The maximum Gasteiger partial charge on any atom is 0.406 e. The average Bonchev–Trinajstić information content (AvgIpc) is 2.27. The first-order chi connectivity index (χ1) is 7.47. The van der Waals surface area contributed by atoms with Crippen molar-refractivity contribution in [2.45, 2.75) is 12.2 Å². The molecule has 0 radical (unpaired) electrons. The van der Waals surface area contributed by atoms with Gasteiger partial charge in [0.05, 0.1) is 6.10 Å². The first kappa shape index (κ1) is 12.7. The Balaban J connectivity index is 3.07. The summed E-state index contributed by atoms with van der Waals surface area (Å²) in [6.45, 7) is 0. The van der Waals surface area contributed by atoms with Gasteiger partial charge in [-0.25, -0.2) is 0 Å². The van der Waals surface area contributed by atoms with Crippen LogP contribution in [0.3, 0.4) is 0 Å². The molecule has 7 nitrogen and oxygen atoms in total. The third kappa shape index (κ3) is 2.60. The van der Waals surface area contributed by atoms with E-state index in [4.69, 9.17) is 5.11 Å². The minimum Gasteiger partial charge on any atom is -0.501 e. The number of nitrogens with zero attached hydrogens (tertiary/aromatic N) is 2. The zero-order valence-corrected chi connectivity index (χ0v) is 8.91. The van der Waals surface area contributed by atoms with Gasteiger partial charge in [0.15, 0.2) is 5.69 Å². The monoisotopic (exact) mass is 246 g/mol. The van der Waals surface area contributed by atoms with Crippen LogP contribution in [0.15, 0.2) is 12.1 Å². The molecule has 88 valence electrons. The highest BCUT2D eigenvalue weighted by molar-refractivity contribution is 7.80. The molecule has 1 heterocycles. The van der Waals surface area contributed by atoms with E-state index in [2.05, 4.69) is 17.6 Å². The van der Waals surface area contributed by atoms with Crippen LogP contribution in [-0.4, -0.2) is 37.1 Å². The maximum atomic E-state index is 10.5. The molecule has 0 aliphatic heterocycles. The molecule has 0 aliphatic rings. The summed E-state index contributed by atoms with van der Waals surface area (Å²) in [5, 5.41) is 38.4. The fraction of sp³-hybridized carbons (Fsp3) is 0.375. The molecule has 0 aromatic carbocycles. The highest BCUT2D eigenvalue weighted by Crippen LogP contribution is 2.26. The van der Waals surface area contributed by atoms with Crippen molar-refractivity contribution in [3.8, 4) is 5.75 Å². The Hall–Kier alpha value is -1.38. The molecule has 8 heteroatoms. The van der Waals surface area contributed by atoms with Crippen molar-refractivity contribution in [1.82, 2.24) is 4.98 Å². The zero-order valence-electron chi connectivity index (χ0n) is 8.02. The summed E-state index contributed by atoms with van der Waals surface area (Å²) in [6.07, 6.45) is -2.56. The van der Waals surface area contributed by atoms with E-state index in [1.807, 2.05) is 0 Å². The van der Waals surface area contributed by atoms with Crippen LogP contribution in [0.1, 0.15) is 11.8 Å². The molecular formula is C8H10N2O5S. The molecular weight excluding hydrogens is 236 g/mol. The van der Waals surface area contributed by atoms with Crippen LogP contribution >= 0.6 is 12.6 Å². The van der Waals surface area contributed by atoms with Crippen LogP contribution in [0.2, 0.25) is 0 Å². The molecule has 0 saturated carbocycles. The van der Waals surface area contributed by atoms with Crippen LogP contribution in [0.25, 0.3) is 0 Å². The van der Waals surface area contributed by atoms with Crippen molar-refractivity contribution < 1.29 is 20.2 Å². The Morgan fingerprint density at radius 3 is 2.62 bits per heavy atom. The van der Waals surface area contributed by atoms with Crippen LogP contribution < -0.4 is 0 Å². The average molecular weight is 246 g/mol. The molecule has 3 N–H and O–H groups in total. The van der Waals surface area contributed by atoms with Crippen LogP contribution in [0.4, 0.5) is 5.82 Å². The Morgan fingerprint density at radius 2 is 2.12 bits per heavy atom. The van der Waals surface area contributed by atoms with Gasteiger partial charge in [0, 0.05) is 5.75 Å². The van der Waals surface area contributed by atoms with Gasteiger partial charge in [-0.15, -0.1) is 0 Å². The van der Waals surface area contributed by atoms with Gasteiger partial charge >= 0.3 is 5.82 Å². The smallest absolute Gasteiger partial charge is 0.406 e. The van der Waals surface area contributed by atoms with Gasteiger partial charge in [-0.3, -0.25) is 0 Å². The number of aromatic nitrogens is 1. The van der Waals surface area contributed by atoms with Crippen molar-refractivity contribution in [1.29, 1.82) is 0 Å². The lowest BCUT2D eigenvalue weighted by molar-refractivity contribution is -0.390. The normalized spacial score (nSPS) is 14.4. The largest absolute Gasteiger partial charge is 0.501 e. The number of rotatable bonds is 4. The topological polar surface area (TPSA) is 117 Å². The van der Waals surface area contributed by atoms with Gasteiger partial charge in [0.25, 0.3) is 0 Å². The van der Waals surface area contributed by atoms with E-state index in [0.717, 1.165) is 6.07 Å². The minimum atomic E-state index is -1.38. The predicted molar refractivity (Wildman–Crippen MR) is 57.4 cm³/mol. The molecule has 0 bridgehead atoms. The number of pyridine rings is 1. The summed E-state index contributed by atoms with van der Waals surface area (Å²) in [6, 6.07) is 2.23. The first-order valence-electron chi connectivity index (χ1n) is 4.28. The van der Waals surface area contributed by atoms with Gasteiger partial charge < -0.3 is 25.4 Å². The van der Waals surface area contributed by atoms with E-state index in [-0.39, 0.29) is 11.4 Å². The van der Waals surface area contributed by atoms with Crippen molar-refractivity contribution in [3.63, 3.8) is 0 Å². The summed E-state index contributed by atoms with van der Waals surface area (Å²) >= 11 is 3.77. The Morgan fingerprint density at radius 1 is 1.50 bits per heavy atom. The van der Waals surface area contributed by atoms with Crippen molar-refractivity contribution in [2.75, 3.05) is 5.75 Å². The third-order valence-corrected chi connectivity index (χ3v) is 2.28. The molecule has 1 aromatic rings. The lowest BCUT2D eigenvalue weighted by Gasteiger charge is -2.12. The maximum absolute atomic E-state index is 10.5. The summed E-state index contributed by atoms with van der Waals surface area (Å²) in [4.78, 5) is 13.0. The highest BCUT2D eigenvalue weighted by atomic mass is 32.1. The quantitative estimate of drug-likeness (QED) is 0.338. The Labute approximate surface area is 95.9 Å². The second kappa shape index (κ2) is 5.10. The van der Waals surface area contributed by atoms with Gasteiger partial charge in [-0.05, 0) is 22.0 Å². The van der Waals surface area contributed by atoms with E-state index < -0.39 is 28.7 Å². The van der Waals surface area contributed by atoms with E-state index >= 15 is 0 Å². The predicted octanol–water partition coefficient (Wildman–Crippen LogP) is 0.0195. The van der Waals surface area contributed by atoms with Crippen molar-refractivity contribution in [2.24, 2.45) is 0 Å². The number of aliphatic hydroxyl groups excluding tert-OH is 2. The SMILES string of the molecule is O=[N+]([O-])c1nc(C(O)C(O)CS)ccc1O. The number of hydrogen-bond donors (Lipinski definition) is 4. The molecule has 16 heavy (non-hydrogen) atoms. The highest BCUT2D eigenvalue weighted by Gasteiger charge is 2.25. The minimum absolute atomic E-state index is 0.0163. The molecule has 2 atom stereocenters. The van der Waals surface area contributed by atoms with E-state index in [9.17, 15) is 20.3 Å². The van der Waals surface area contributed by atoms with E-state index in [1.54, 1.807) is 0 Å². The fourth-order valence-corrected chi connectivity index (χ4v) is 1.25. The summed E-state index contributed by atoms with van der Waals surface area (Å²) in [5.74, 6) is -1.37. The van der Waals surface area contributed by atoms with Crippen LogP contribution in [0.5, 0.6) is 5.75 Å². The molecule has 0 spiro atoms. The molecule has 0 aliphatic carbocycles. The number of thiol groups is 1. The molecule has 0 saturated heterocycles. The summed E-state index contributed by atoms with van der Waals surface area (Å²) in [5.41, 5.74) is -0.0916. The summed E-state index contributed by atoms with van der Waals surface area (Å²) in [7, 11) is 0. The number of aliphatic hydroxyl groups is 2. The van der Waals surface area contributed by atoms with Crippen molar-refractivity contribution >= 4 is 18.4 Å². The lowest BCUT2D eigenvalue weighted by Crippen LogP contribution is -2.20. The fourth-order valence-electron chi connectivity index (χ4n) is 1.05. The number of hydrogen-bond acceptors (Lipinski definition) is 7. The zero-order chi connectivity index (χ0) is 12.3. The number of aromatic hydroxyl groups is 1. The van der Waals surface area contributed by atoms with Gasteiger partial charge in [0.1, 0.15) is 6.10 Å². The third-order valence-electron chi connectivity index (χ3n) is 1.90. The molecule has 2 unspecified atom stereocenters. The van der Waals surface area contributed by atoms with E-state index in [1.165, 1.54) is 6.07 Å². The Kier molecular flexibility index (Phi) is 4.05. The van der Waals surface area contributed by atoms with Crippen molar-refractivity contribution in [3.05, 3.63) is 27.9 Å². The van der Waals surface area contributed by atoms with Crippen LogP contribution in [0, 0.1) is 10.1 Å². The first-order valence-corrected chi connectivity index (χ1v) is 4.92. The number of nitro groups is 1. The second-order valence-corrected chi connectivity index (χ2v) is 3.40. The van der Waals surface area contributed by atoms with Crippen LogP contribution in [-0.2, 0) is 0 Å². The van der Waals surface area contributed by atoms with E-state index in [0.29, 0.717) is 0 Å².